The van der Waals surface area contributed by atoms with Gasteiger partial charge in [0.1, 0.15) is 11.6 Å². The minimum atomic E-state index is -1.13. The van der Waals surface area contributed by atoms with E-state index in [-0.39, 0.29) is 23.8 Å². The minimum absolute atomic E-state index is 0.112. The molecule has 9 nitrogen and oxygen atoms in total. The number of hydrogen-bond donors (Lipinski definition) is 2. The van der Waals surface area contributed by atoms with Crippen LogP contribution in [-0.4, -0.2) is 102 Å². The van der Waals surface area contributed by atoms with Crippen molar-refractivity contribution in [2.45, 2.75) is 73.8 Å². The van der Waals surface area contributed by atoms with Gasteiger partial charge in [0.05, 0.1) is 17.9 Å². The fourth-order valence-corrected chi connectivity index (χ4v) is 8.90. The van der Waals surface area contributed by atoms with Gasteiger partial charge in [-0.2, -0.15) is 0 Å². The maximum atomic E-state index is 14.4. The van der Waals surface area contributed by atoms with Crippen molar-refractivity contribution in [3.63, 3.8) is 0 Å². The van der Waals surface area contributed by atoms with E-state index in [0.29, 0.717) is 12.2 Å². The Balaban J connectivity index is 1.04. The van der Waals surface area contributed by atoms with E-state index in [1.165, 1.54) is 12.0 Å². The second-order valence-electron chi connectivity index (χ2n) is 13.8. The number of nitrogens with zero attached hydrogens (tertiary/aromatic N) is 3. The third-order valence-corrected chi connectivity index (χ3v) is 11.5. The number of hydrogen-bond acceptors (Lipinski definition) is 7. The molecule has 1 aliphatic carbocycles. The van der Waals surface area contributed by atoms with Crippen molar-refractivity contribution in [1.29, 1.82) is 0 Å². The summed E-state index contributed by atoms with van der Waals surface area (Å²) in [5, 5.41) is 6.35. The van der Waals surface area contributed by atoms with E-state index in [4.69, 9.17) is 4.74 Å². The Hall–Kier alpha value is -3.18. The standard InChI is InChI=1S/C37H47N5O4S/c1-47-29-15-8-14-28(24-29)39-34(43)31-30-16-17-37(46-30)32(31)36(45)42(33(37)35(44)38-27-12-6-3-7-13-27)19-9-18-40-20-22-41(23-21-40)25-26-10-4-2-5-11-26/h2,4-5,8,10-11,14-17,24,27,30-33H,3,6-7,9,12-13,18-23,25H2,1H3,(H,38,44)(H,39,43). The molecule has 3 saturated heterocycles. The molecule has 4 heterocycles. The molecule has 1 spiro atoms. The van der Waals surface area contributed by atoms with Crippen molar-refractivity contribution < 1.29 is 19.1 Å². The molecule has 5 atom stereocenters. The zero-order valence-electron chi connectivity index (χ0n) is 27.3. The molecule has 0 aromatic heterocycles. The van der Waals surface area contributed by atoms with Crippen molar-refractivity contribution in [2.24, 2.45) is 11.8 Å². The van der Waals surface area contributed by atoms with Crippen LogP contribution in [0.15, 0.2) is 71.6 Å². The summed E-state index contributed by atoms with van der Waals surface area (Å²) in [5.74, 6) is -1.96. The number of rotatable bonds is 11. The average molecular weight is 658 g/mol. The molecule has 2 bridgehead atoms. The van der Waals surface area contributed by atoms with Gasteiger partial charge in [0.15, 0.2) is 0 Å². The summed E-state index contributed by atoms with van der Waals surface area (Å²) in [6.45, 7) is 6.24. The Morgan fingerprint density at radius 2 is 1.70 bits per heavy atom. The van der Waals surface area contributed by atoms with E-state index in [9.17, 15) is 14.4 Å². The molecule has 0 radical (unpaired) electrons. The molecule has 5 aliphatic rings. The minimum Gasteiger partial charge on any atom is -0.359 e. The molecule has 7 rings (SSSR count). The second-order valence-corrected chi connectivity index (χ2v) is 14.6. The number of nitrogens with one attached hydrogen (secondary N) is 2. The zero-order valence-corrected chi connectivity index (χ0v) is 28.1. The fraction of sp³-hybridized carbons (Fsp3) is 0.541. The second kappa shape index (κ2) is 14.1. The van der Waals surface area contributed by atoms with Crippen molar-refractivity contribution >= 4 is 35.2 Å². The highest BCUT2D eigenvalue weighted by molar-refractivity contribution is 7.98. The van der Waals surface area contributed by atoms with Crippen molar-refractivity contribution in [1.82, 2.24) is 20.0 Å². The summed E-state index contributed by atoms with van der Waals surface area (Å²) in [5.41, 5.74) is 0.898. The lowest BCUT2D eigenvalue weighted by Crippen LogP contribution is -2.56. The molecular formula is C37H47N5O4S. The Kier molecular flexibility index (Phi) is 9.73. The van der Waals surface area contributed by atoms with Gasteiger partial charge in [-0.25, -0.2) is 0 Å². The lowest BCUT2D eigenvalue weighted by molar-refractivity contribution is -0.141. The smallest absolute Gasteiger partial charge is 0.246 e. The van der Waals surface area contributed by atoms with E-state index < -0.39 is 29.6 Å². The van der Waals surface area contributed by atoms with Crippen molar-refractivity contribution in [3.8, 4) is 0 Å². The van der Waals surface area contributed by atoms with Gasteiger partial charge in [-0.15, -0.1) is 11.8 Å². The number of amides is 3. The maximum Gasteiger partial charge on any atom is 0.246 e. The van der Waals surface area contributed by atoms with E-state index in [0.717, 1.165) is 76.3 Å². The number of ether oxygens (including phenoxy) is 1. The molecule has 47 heavy (non-hydrogen) atoms. The van der Waals surface area contributed by atoms with Crippen LogP contribution in [0.25, 0.3) is 0 Å². The van der Waals surface area contributed by atoms with E-state index >= 15 is 0 Å². The quantitative estimate of drug-likeness (QED) is 0.277. The highest BCUT2D eigenvalue weighted by atomic mass is 32.2. The number of likely N-dealkylation sites (tertiary alicyclic amines) is 1. The van der Waals surface area contributed by atoms with E-state index in [1.54, 1.807) is 16.7 Å². The first-order valence-corrected chi connectivity index (χ1v) is 18.6. The number of carbonyl (C=O) groups excluding carboxylic acids is 3. The first-order valence-electron chi connectivity index (χ1n) is 17.4. The summed E-state index contributed by atoms with van der Waals surface area (Å²) in [7, 11) is 0. The van der Waals surface area contributed by atoms with Gasteiger partial charge in [-0.1, -0.05) is 67.8 Å². The fourth-order valence-electron chi connectivity index (χ4n) is 8.44. The highest BCUT2D eigenvalue weighted by Gasteiger charge is 2.72. The van der Waals surface area contributed by atoms with Gasteiger partial charge in [-0.05, 0) is 55.8 Å². The van der Waals surface area contributed by atoms with Gasteiger partial charge < -0.3 is 25.2 Å². The van der Waals surface area contributed by atoms with Crippen molar-refractivity contribution in [2.75, 3.05) is 50.8 Å². The van der Waals surface area contributed by atoms with Crippen LogP contribution in [0.2, 0.25) is 0 Å². The van der Waals surface area contributed by atoms with Crippen LogP contribution in [0.4, 0.5) is 5.69 Å². The summed E-state index contributed by atoms with van der Waals surface area (Å²) < 4.78 is 6.57. The Bertz CT molecular complexity index is 1470. The van der Waals surface area contributed by atoms with Crippen LogP contribution in [0.5, 0.6) is 0 Å². The molecule has 5 unspecified atom stereocenters. The molecule has 4 aliphatic heterocycles. The Labute approximate surface area is 282 Å². The number of benzene rings is 2. The van der Waals surface area contributed by atoms with Crippen LogP contribution in [0.1, 0.15) is 44.1 Å². The molecule has 2 N–H and O–H groups in total. The van der Waals surface area contributed by atoms with Gasteiger partial charge in [0.2, 0.25) is 17.7 Å². The van der Waals surface area contributed by atoms with Crippen LogP contribution >= 0.6 is 11.8 Å². The largest absolute Gasteiger partial charge is 0.359 e. The van der Waals surface area contributed by atoms with E-state index in [1.807, 2.05) is 42.7 Å². The van der Waals surface area contributed by atoms with Gasteiger partial charge in [0, 0.05) is 55.9 Å². The monoisotopic (exact) mass is 657 g/mol. The molecular weight excluding hydrogens is 611 g/mol. The van der Waals surface area contributed by atoms with Crippen LogP contribution < -0.4 is 10.6 Å². The van der Waals surface area contributed by atoms with Gasteiger partial charge in [0.25, 0.3) is 0 Å². The molecule has 250 valence electrons. The third-order valence-electron chi connectivity index (χ3n) is 10.8. The summed E-state index contributed by atoms with van der Waals surface area (Å²) >= 11 is 1.61. The zero-order chi connectivity index (χ0) is 32.4. The number of anilines is 1. The lowest BCUT2D eigenvalue weighted by Gasteiger charge is -2.36. The lowest BCUT2D eigenvalue weighted by atomic mass is 9.74. The highest BCUT2D eigenvalue weighted by Crippen LogP contribution is 2.55. The Morgan fingerprint density at radius 1 is 0.936 bits per heavy atom. The molecule has 10 heteroatoms. The molecule has 2 aromatic carbocycles. The number of piperazine rings is 1. The third kappa shape index (κ3) is 6.62. The number of fused-ring (bicyclic) bond motifs is 1. The van der Waals surface area contributed by atoms with Crippen molar-refractivity contribution in [3.05, 3.63) is 72.3 Å². The first kappa shape index (κ1) is 32.4. The molecule has 4 fully saturated rings. The van der Waals surface area contributed by atoms with E-state index in [2.05, 4.69) is 50.8 Å². The van der Waals surface area contributed by atoms with Gasteiger partial charge in [-0.3, -0.25) is 19.3 Å². The normalized spacial score (nSPS) is 29.3. The van der Waals surface area contributed by atoms with Crippen LogP contribution in [-0.2, 0) is 25.7 Å². The molecule has 2 aromatic rings. The first-order chi connectivity index (χ1) is 22.9. The summed E-state index contributed by atoms with van der Waals surface area (Å²) in [4.78, 5) is 50.1. The SMILES string of the molecule is CSc1cccc(NC(=O)C2C3C=CC4(O3)C2C(=O)N(CCCN2CCN(Cc3ccccc3)CC2)C4C(=O)NC2CCCCC2)c1. The van der Waals surface area contributed by atoms with Gasteiger partial charge >= 0.3 is 0 Å². The molecule has 1 saturated carbocycles. The average Bonchev–Trinajstić information content (AvgIpc) is 3.74. The summed E-state index contributed by atoms with van der Waals surface area (Å²) in [6.07, 6.45) is 11.3. The number of thioether (sulfide) groups is 1. The predicted octanol–water partition coefficient (Wildman–Crippen LogP) is 4.15. The Morgan fingerprint density at radius 3 is 2.47 bits per heavy atom. The van der Waals surface area contributed by atoms with Crippen LogP contribution in [0, 0.1) is 11.8 Å². The topological polar surface area (TPSA) is 94.2 Å². The molecule has 3 amide bonds. The predicted molar refractivity (Wildman–Crippen MR) is 184 cm³/mol. The number of carbonyl (C=O) groups is 3. The van der Waals surface area contributed by atoms with Crippen LogP contribution in [0.3, 0.4) is 0 Å². The summed E-state index contributed by atoms with van der Waals surface area (Å²) in [6, 6.07) is 17.6. The maximum absolute atomic E-state index is 14.4.